The second-order valence-electron chi connectivity index (χ2n) is 6.86. The van der Waals surface area contributed by atoms with E-state index in [0.29, 0.717) is 19.6 Å². The molecule has 2 aromatic heterocycles. The molecular formula is C18H28N4O3. The van der Waals surface area contributed by atoms with Crippen LogP contribution < -0.4 is 5.32 Å². The molecule has 7 heteroatoms. The van der Waals surface area contributed by atoms with E-state index in [1.165, 1.54) is 0 Å². The second kappa shape index (κ2) is 8.20. The number of carbonyl (C=O) groups excluding carboxylic acids is 1. The lowest BCUT2D eigenvalue weighted by Gasteiger charge is -2.27. The molecule has 0 aliphatic rings. The molecule has 7 nitrogen and oxygen atoms in total. The largest absolute Gasteiger partial charge is 0.467 e. The lowest BCUT2D eigenvalue weighted by atomic mass is 10.2. The molecule has 0 saturated carbocycles. The van der Waals surface area contributed by atoms with Crippen LogP contribution in [0.5, 0.6) is 0 Å². The van der Waals surface area contributed by atoms with Gasteiger partial charge in [-0.3, -0.25) is 5.32 Å². The number of hydrogen-bond donors (Lipinski definition) is 1. The van der Waals surface area contributed by atoms with Crippen molar-refractivity contribution in [3.8, 4) is 0 Å². The summed E-state index contributed by atoms with van der Waals surface area (Å²) in [6, 6.07) is 3.59. The van der Waals surface area contributed by atoms with Gasteiger partial charge in [-0.2, -0.15) is 0 Å². The van der Waals surface area contributed by atoms with Crippen LogP contribution in [-0.4, -0.2) is 45.8 Å². The normalized spacial score (nSPS) is 12.8. The van der Waals surface area contributed by atoms with E-state index < -0.39 is 5.60 Å². The third kappa shape index (κ3) is 5.35. The zero-order valence-electron chi connectivity index (χ0n) is 15.7. The highest BCUT2D eigenvalue weighted by molar-refractivity contribution is 5.68. The minimum absolute atomic E-state index is 0.174. The van der Waals surface area contributed by atoms with Crippen LogP contribution in [0.2, 0.25) is 0 Å². The molecule has 2 aromatic rings. The van der Waals surface area contributed by atoms with Crippen LogP contribution in [0, 0.1) is 0 Å². The summed E-state index contributed by atoms with van der Waals surface area (Å²) in [4.78, 5) is 18.3. The number of amides is 1. The molecule has 0 aliphatic carbocycles. The van der Waals surface area contributed by atoms with E-state index in [9.17, 15) is 4.79 Å². The summed E-state index contributed by atoms with van der Waals surface area (Å²) in [5.41, 5.74) is -0.498. The first-order valence-corrected chi connectivity index (χ1v) is 8.53. The van der Waals surface area contributed by atoms with E-state index in [0.717, 1.165) is 11.6 Å². The first-order chi connectivity index (χ1) is 11.8. The number of nitrogens with zero attached hydrogens (tertiary/aromatic N) is 3. The number of furan rings is 1. The van der Waals surface area contributed by atoms with Crippen molar-refractivity contribution in [3.05, 3.63) is 42.4 Å². The van der Waals surface area contributed by atoms with Crippen LogP contribution in [0.25, 0.3) is 0 Å². The number of nitrogens with one attached hydrogen (secondary N) is 1. The summed E-state index contributed by atoms with van der Waals surface area (Å²) in [6.07, 6.45) is 4.99. The second-order valence-corrected chi connectivity index (χ2v) is 6.86. The minimum atomic E-state index is -0.498. The van der Waals surface area contributed by atoms with Gasteiger partial charge in [-0.1, -0.05) is 0 Å². The van der Waals surface area contributed by atoms with E-state index in [2.05, 4.69) is 10.3 Å². The topological polar surface area (TPSA) is 72.5 Å². The Hall–Kier alpha value is -2.28. The summed E-state index contributed by atoms with van der Waals surface area (Å²) < 4.78 is 12.9. The van der Waals surface area contributed by atoms with Gasteiger partial charge in [-0.15, -0.1) is 0 Å². The number of aromatic nitrogens is 2. The van der Waals surface area contributed by atoms with Crippen molar-refractivity contribution in [1.29, 1.82) is 0 Å². The molecule has 0 aliphatic heterocycles. The van der Waals surface area contributed by atoms with Crippen LogP contribution in [0.4, 0.5) is 4.79 Å². The first-order valence-electron chi connectivity index (χ1n) is 8.53. The van der Waals surface area contributed by atoms with Gasteiger partial charge in [0.25, 0.3) is 0 Å². The van der Waals surface area contributed by atoms with E-state index in [4.69, 9.17) is 9.15 Å². The molecule has 0 spiro atoms. The van der Waals surface area contributed by atoms with E-state index in [1.54, 1.807) is 17.4 Å². The van der Waals surface area contributed by atoms with Crippen molar-refractivity contribution < 1.29 is 13.9 Å². The van der Waals surface area contributed by atoms with Gasteiger partial charge >= 0.3 is 6.09 Å². The van der Waals surface area contributed by atoms with Crippen LogP contribution in [0.1, 0.15) is 45.3 Å². The molecule has 1 atom stereocenters. The van der Waals surface area contributed by atoms with Gasteiger partial charge in [-0.25, -0.2) is 9.78 Å². The van der Waals surface area contributed by atoms with Gasteiger partial charge in [0.1, 0.15) is 23.2 Å². The SMILES string of the molecule is CCN(CCNC(c1ccco1)c1nccn1C)C(=O)OC(C)(C)C. The van der Waals surface area contributed by atoms with Gasteiger partial charge < -0.3 is 18.6 Å². The number of ether oxygens (including phenoxy) is 1. The molecule has 0 aromatic carbocycles. The van der Waals surface area contributed by atoms with E-state index >= 15 is 0 Å². The fraction of sp³-hybridized carbons (Fsp3) is 0.556. The van der Waals surface area contributed by atoms with Gasteiger partial charge in [0.2, 0.25) is 0 Å². The van der Waals surface area contributed by atoms with Crippen molar-refractivity contribution in [2.45, 2.75) is 39.3 Å². The average Bonchev–Trinajstić information content (AvgIpc) is 3.18. The highest BCUT2D eigenvalue weighted by atomic mass is 16.6. The molecule has 0 saturated heterocycles. The Balaban J connectivity index is 1.99. The minimum Gasteiger partial charge on any atom is -0.467 e. The molecule has 1 unspecified atom stereocenters. The molecule has 0 fully saturated rings. The van der Waals surface area contributed by atoms with Crippen molar-refractivity contribution in [3.63, 3.8) is 0 Å². The van der Waals surface area contributed by atoms with Crippen molar-refractivity contribution >= 4 is 6.09 Å². The predicted molar refractivity (Wildman–Crippen MR) is 95.2 cm³/mol. The lowest BCUT2D eigenvalue weighted by Crippen LogP contribution is -2.41. The van der Waals surface area contributed by atoms with Crippen molar-refractivity contribution in [1.82, 2.24) is 19.8 Å². The fourth-order valence-corrected chi connectivity index (χ4v) is 2.48. The number of rotatable bonds is 7. The first kappa shape index (κ1) is 19.1. The van der Waals surface area contributed by atoms with Gasteiger partial charge in [0.05, 0.1) is 6.26 Å². The highest BCUT2D eigenvalue weighted by Gasteiger charge is 2.23. The molecule has 2 heterocycles. The summed E-state index contributed by atoms with van der Waals surface area (Å²) in [5, 5.41) is 3.42. The number of aryl methyl sites for hydroxylation is 1. The Morgan fingerprint density at radius 3 is 2.76 bits per heavy atom. The molecule has 0 radical (unpaired) electrons. The standard InChI is InChI=1S/C18H28N4O3/c1-6-22(17(23)25-18(2,3)4)12-10-19-15(14-8-7-13-24-14)16-20-9-11-21(16)5/h7-9,11,13,15,19H,6,10,12H2,1-5H3. The van der Waals surface area contributed by atoms with Crippen LogP contribution >= 0.6 is 0 Å². The highest BCUT2D eigenvalue weighted by Crippen LogP contribution is 2.20. The number of imidazole rings is 1. The molecule has 2 rings (SSSR count). The zero-order valence-corrected chi connectivity index (χ0v) is 15.7. The Morgan fingerprint density at radius 1 is 1.48 bits per heavy atom. The predicted octanol–water partition coefficient (Wildman–Crippen LogP) is 2.95. The van der Waals surface area contributed by atoms with Gasteiger partial charge in [-0.05, 0) is 39.8 Å². The van der Waals surface area contributed by atoms with Crippen molar-refractivity contribution in [2.75, 3.05) is 19.6 Å². The number of hydrogen-bond acceptors (Lipinski definition) is 5. The zero-order chi connectivity index (χ0) is 18.4. The Labute approximate surface area is 149 Å². The van der Waals surface area contributed by atoms with Gasteiger partial charge in [0.15, 0.2) is 0 Å². The molecule has 0 bridgehead atoms. The van der Waals surface area contributed by atoms with Crippen molar-refractivity contribution in [2.24, 2.45) is 7.05 Å². The molecular weight excluding hydrogens is 320 g/mol. The maximum Gasteiger partial charge on any atom is 0.410 e. The Bertz CT molecular complexity index is 658. The third-order valence-corrected chi connectivity index (χ3v) is 3.71. The van der Waals surface area contributed by atoms with Crippen LogP contribution in [0.15, 0.2) is 35.2 Å². The summed E-state index contributed by atoms with van der Waals surface area (Å²) >= 11 is 0. The molecule has 25 heavy (non-hydrogen) atoms. The smallest absolute Gasteiger partial charge is 0.410 e. The molecule has 1 amide bonds. The van der Waals surface area contributed by atoms with Gasteiger partial charge in [0, 0.05) is 39.1 Å². The lowest BCUT2D eigenvalue weighted by molar-refractivity contribution is 0.0261. The quantitative estimate of drug-likeness (QED) is 0.833. The van der Waals surface area contributed by atoms with Crippen LogP contribution in [-0.2, 0) is 11.8 Å². The Morgan fingerprint density at radius 2 is 2.24 bits per heavy atom. The number of likely N-dealkylation sites (N-methyl/N-ethyl adjacent to an activating group) is 1. The molecule has 1 N–H and O–H groups in total. The van der Waals surface area contributed by atoms with E-state index in [1.807, 2.05) is 57.6 Å². The fourth-order valence-electron chi connectivity index (χ4n) is 2.48. The summed E-state index contributed by atoms with van der Waals surface area (Å²) in [5.74, 6) is 1.64. The number of carbonyl (C=O) groups is 1. The summed E-state index contributed by atoms with van der Waals surface area (Å²) in [6.45, 7) is 9.25. The van der Waals surface area contributed by atoms with E-state index in [-0.39, 0.29) is 12.1 Å². The molecule has 138 valence electrons. The third-order valence-electron chi connectivity index (χ3n) is 3.71. The Kier molecular flexibility index (Phi) is 6.25. The summed E-state index contributed by atoms with van der Waals surface area (Å²) in [7, 11) is 1.94. The maximum absolute atomic E-state index is 12.2. The van der Waals surface area contributed by atoms with Crippen LogP contribution in [0.3, 0.4) is 0 Å². The maximum atomic E-state index is 12.2. The monoisotopic (exact) mass is 348 g/mol. The average molecular weight is 348 g/mol.